The number of thiocarbonyl (C=S) groups is 1. The minimum atomic E-state index is -3.04. The Morgan fingerprint density at radius 1 is 1.03 bits per heavy atom. The molecular formula is C28H54N2O4SSn. The van der Waals surface area contributed by atoms with Crippen molar-refractivity contribution in [2.24, 2.45) is 0 Å². The number of likely N-dealkylation sites (tertiary alicyclic amines) is 1. The van der Waals surface area contributed by atoms with Crippen molar-refractivity contribution in [3.63, 3.8) is 0 Å². The summed E-state index contributed by atoms with van der Waals surface area (Å²) in [4.78, 5) is 17.8. The van der Waals surface area contributed by atoms with Gasteiger partial charge in [0.15, 0.2) is 0 Å². The summed E-state index contributed by atoms with van der Waals surface area (Å²) in [6.45, 7) is 19.0. The van der Waals surface area contributed by atoms with Gasteiger partial charge in [0.05, 0.1) is 0 Å². The molecule has 2 aliphatic heterocycles. The van der Waals surface area contributed by atoms with Crippen molar-refractivity contribution in [1.82, 2.24) is 9.80 Å². The molecule has 0 aromatic carbocycles. The Bertz CT molecular complexity index is 684. The molecule has 1 amide bonds. The summed E-state index contributed by atoms with van der Waals surface area (Å²) < 4.78 is 23.0. The van der Waals surface area contributed by atoms with Crippen LogP contribution in [0.4, 0.5) is 4.79 Å². The summed E-state index contributed by atoms with van der Waals surface area (Å²) in [5, 5.41) is 0.636. The second kappa shape index (κ2) is 14.2. The predicted molar refractivity (Wildman–Crippen MR) is 155 cm³/mol. The first-order valence-corrected chi connectivity index (χ1v) is 22.6. The van der Waals surface area contributed by atoms with Crippen molar-refractivity contribution < 1.29 is 19.0 Å². The number of amides is 1. The van der Waals surface area contributed by atoms with Crippen LogP contribution in [0.25, 0.3) is 0 Å². The molecule has 2 saturated heterocycles. The number of hydrogen-bond acceptors (Lipinski definition) is 5. The Morgan fingerprint density at radius 2 is 1.53 bits per heavy atom. The van der Waals surface area contributed by atoms with Crippen LogP contribution in [0.1, 0.15) is 107 Å². The molecular weight excluding hydrogens is 579 g/mol. The molecule has 210 valence electrons. The normalized spacial score (nSPS) is 21.1. The molecule has 2 rings (SSSR count). The topological polar surface area (TPSA) is 51.2 Å². The number of carbonyl (C=O) groups is 1. The van der Waals surface area contributed by atoms with Gasteiger partial charge in [0.1, 0.15) is 0 Å². The molecule has 2 atom stereocenters. The average Bonchev–Trinajstić information content (AvgIpc) is 3.44. The van der Waals surface area contributed by atoms with Crippen molar-refractivity contribution in [3.05, 3.63) is 0 Å². The van der Waals surface area contributed by atoms with Gasteiger partial charge in [-0.15, -0.1) is 0 Å². The third-order valence-electron chi connectivity index (χ3n) is 7.74. The summed E-state index contributed by atoms with van der Waals surface area (Å²) in [5.41, 5.74) is -1.32. The van der Waals surface area contributed by atoms with E-state index in [9.17, 15) is 4.79 Å². The van der Waals surface area contributed by atoms with Crippen molar-refractivity contribution in [2.45, 2.75) is 142 Å². The summed E-state index contributed by atoms with van der Waals surface area (Å²) in [5.74, 6) is 0. The molecule has 0 saturated carbocycles. The molecule has 0 unspecified atom stereocenters. The number of nitrogens with zero attached hydrogens (tertiary/aromatic N) is 2. The molecule has 0 aliphatic carbocycles. The molecule has 2 aliphatic rings. The van der Waals surface area contributed by atoms with Crippen molar-refractivity contribution in [1.29, 1.82) is 0 Å². The molecule has 0 bridgehead atoms. The quantitative estimate of drug-likeness (QED) is 0.164. The van der Waals surface area contributed by atoms with E-state index in [0.29, 0.717) is 11.8 Å². The van der Waals surface area contributed by atoms with Crippen LogP contribution in [0.15, 0.2) is 0 Å². The average molecular weight is 634 g/mol. The van der Waals surface area contributed by atoms with E-state index < -0.39 is 29.7 Å². The molecule has 0 radical (unpaired) electrons. The molecule has 0 aromatic rings. The summed E-state index contributed by atoms with van der Waals surface area (Å²) in [7, 11) is 0. The van der Waals surface area contributed by atoms with Crippen molar-refractivity contribution >= 4 is 41.9 Å². The zero-order valence-electron chi connectivity index (χ0n) is 24.5. The predicted octanol–water partition coefficient (Wildman–Crippen LogP) is 7.51. The van der Waals surface area contributed by atoms with E-state index in [0.717, 1.165) is 25.9 Å². The number of unbranched alkanes of at least 4 members (excludes halogenated alkanes) is 3. The maximum atomic E-state index is 13.7. The fraction of sp³-hybridized carbons (Fsp3) is 0.929. The first-order valence-electron chi connectivity index (χ1n) is 14.5. The van der Waals surface area contributed by atoms with E-state index in [4.69, 9.17) is 26.4 Å². The standard InChI is InChI=1S/C16H27N2O4S.3C4H9.Sn/c1-15(2,3)22-13(19)18-12(11-21-16(18,4)5)10-20-14(23)17-8-6-7-9-17;3*1-3-4-2;/h10,12H,6-9,11H2,1-5H3;3*1,3-4H2,2H3;/t12-;;;;/m0..../s1. The van der Waals surface area contributed by atoms with Crippen LogP contribution in [-0.2, 0) is 14.2 Å². The Labute approximate surface area is 231 Å². The van der Waals surface area contributed by atoms with Crippen LogP contribution in [0, 0.1) is 0 Å². The van der Waals surface area contributed by atoms with Gasteiger partial charge in [-0.2, -0.15) is 0 Å². The number of hydrogen-bond donors (Lipinski definition) is 0. The second-order valence-electron chi connectivity index (χ2n) is 12.3. The third kappa shape index (κ3) is 8.62. The van der Waals surface area contributed by atoms with Gasteiger partial charge in [-0.1, -0.05) is 0 Å². The third-order valence-corrected chi connectivity index (χ3v) is 24.5. The summed E-state index contributed by atoms with van der Waals surface area (Å²) in [6, 6.07) is -0.170. The molecule has 2 heterocycles. The Hall–Kier alpha value is -0.281. The van der Waals surface area contributed by atoms with Crippen LogP contribution in [0.5, 0.6) is 0 Å². The number of rotatable bonds is 12. The van der Waals surface area contributed by atoms with Gasteiger partial charge >= 0.3 is 232 Å². The van der Waals surface area contributed by atoms with E-state index in [1.807, 2.05) is 39.5 Å². The van der Waals surface area contributed by atoms with Gasteiger partial charge in [-0.05, 0) is 0 Å². The Kier molecular flexibility index (Phi) is 12.6. The first-order chi connectivity index (χ1) is 16.9. The Balaban J connectivity index is 2.56. The zero-order chi connectivity index (χ0) is 27.0. The fourth-order valence-electron chi connectivity index (χ4n) is 5.80. The van der Waals surface area contributed by atoms with Gasteiger partial charge in [-0.3, -0.25) is 0 Å². The monoisotopic (exact) mass is 634 g/mol. The van der Waals surface area contributed by atoms with Gasteiger partial charge in [-0.25, -0.2) is 0 Å². The van der Waals surface area contributed by atoms with Gasteiger partial charge in [0.25, 0.3) is 0 Å². The van der Waals surface area contributed by atoms with Crippen LogP contribution in [-0.4, -0.2) is 80.6 Å². The van der Waals surface area contributed by atoms with E-state index in [1.165, 1.54) is 51.8 Å². The molecule has 2 fully saturated rings. The molecule has 0 spiro atoms. The van der Waals surface area contributed by atoms with Crippen LogP contribution < -0.4 is 0 Å². The Morgan fingerprint density at radius 3 is 1.97 bits per heavy atom. The van der Waals surface area contributed by atoms with Crippen molar-refractivity contribution in [3.8, 4) is 0 Å². The van der Waals surface area contributed by atoms with E-state index in [-0.39, 0.29) is 16.3 Å². The van der Waals surface area contributed by atoms with E-state index in [1.54, 1.807) is 0 Å². The van der Waals surface area contributed by atoms with Gasteiger partial charge in [0, 0.05) is 0 Å². The van der Waals surface area contributed by atoms with Gasteiger partial charge in [0.2, 0.25) is 0 Å². The first kappa shape index (κ1) is 31.9. The summed E-state index contributed by atoms with van der Waals surface area (Å²) >= 11 is 2.90. The number of ether oxygens (including phenoxy) is 3. The van der Waals surface area contributed by atoms with Gasteiger partial charge < -0.3 is 0 Å². The van der Waals surface area contributed by atoms with Crippen LogP contribution >= 0.6 is 12.2 Å². The van der Waals surface area contributed by atoms with Crippen molar-refractivity contribution in [2.75, 3.05) is 19.7 Å². The van der Waals surface area contributed by atoms with Crippen LogP contribution in [0.3, 0.4) is 0 Å². The van der Waals surface area contributed by atoms with E-state index >= 15 is 0 Å². The zero-order valence-corrected chi connectivity index (χ0v) is 28.2. The summed E-state index contributed by atoms with van der Waals surface area (Å²) in [6.07, 6.45) is 9.24. The fourth-order valence-corrected chi connectivity index (χ4v) is 24.0. The molecule has 6 nitrogen and oxygen atoms in total. The number of carbonyl (C=O) groups excluding carboxylic acids is 1. The maximum absolute atomic E-state index is 13.7. The SMILES string of the molecule is CCC[CH2][Sn]([CH2]CCC)([CH2]CCC)[C@@H](OC(=S)N1CCCC1)[C@H]1COC(C)(C)N1C(=O)OC(C)(C)C. The minimum absolute atomic E-state index is 0.0358. The second-order valence-corrected chi connectivity index (χ2v) is 26.4. The van der Waals surface area contributed by atoms with E-state index in [2.05, 4.69) is 25.7 Å². The molecule has 8 heteroatoms. The molecule has 36 heavy (non-hydrogen) atoms. The molecule has 0 aromatic heterocycles. The van der Waals surface area contributed by atoms with Crippen LogP contribution in [0.2, 0.25) is 13.3 Å². The molecule has 0 N–H and O–H groups in total.